The molecule has 0 fully saturated rings. The van der Waals surface area contributed by atoms with Crippen LogP contribution < -0.4 is 0 Å². The number of fused-ring (bicyclic) bond motifs is 1. The number of oxazole rings is 1. The molecule has 1 aliphatic heterocycles. The van der Waals surface area contributed by atoms with Gasteiger partial charge in [-0.3, -0.25) is 4.79 Å². The van der Waals surface area contributed by atoms with Crippen LogP contribution in [0.25, 0.3) is 11.5 Å². The van der Waals surface area contributed by atoms with Gasteiger partial charge in [0, 0.05) is 17.3 Å². The van der Waals surface area contributed by atoms with Gasteiger partial charge in [-0.15, -0.1) is 0 Å². The maximum Gasteiger partial charge on any atom is 0.258 e. The molecule has 0 N–H and O–H groups in total. The number of nitrogens with zero attached hydrogens (tertiary/aromatic N) is 2. The summed E-state index contributed by atoms with van der Waals surface area (Å²) in [6.45, 7) is 4.16. The van der Waals surface area contributed by atoms with E-state index in [0.717, 1.165) is 11.1 Å². The van der Waals surface area contributed by atoms with Gasteiger partial charge in [-0.05, 0) is 17.7 Å². The van der Waals surface area contributed by atoms with Crippen molar-refractivity contribution in [3.8, 4) is 11.5 Å². The highest BCUT2D eigenvalue weighted by molar-refractivity contribution is 6.00. The van der Waals surface area contributed by atoms with Crippen molar-refractivity contribution in [2.24, 2.45) is 0 Å². The van der Waals surface area contributed by atoms with E-state index in [2.05, 4.69) is 11.6 Å². The molecule has 0 spiro atoms. The number of hydrogen-bond acceptors (Lipinski definition) is 3. The Bertz CT molecular complexity index is 587. The molecule has 1 amide bonds. The first kappa shape index (κ1) is 9.84. The minimum absolute atomic E-state index is 0.0246. The third-order valence-corrected chi connectivity index (χ3v) is 2.88. The zero-order valence-electron chi connectivity index (χ0n) is 9.09. The van der Waals surface area contributed by atoms with E-state index >= 15 is 0 Å². The summed E-state index contributed by atoms with van der Waals surface area (Å²) in [5.74, 6) is 0.518. The van der Waals surface area contributed by atoms with E-state index in [9.17, 15) is 4.79 Å². The van der Waals surface area contributed by atoms with E-state index < -0.39 is 0 Å². The Labute approximate surface area is 98.2 Å². The molecule has 1 aliphatic rings. The number of carbonyl (C=O) groups is 1. The van der Waals surface area contributed by atoms with Gasteiger partial charge in [0.1, 0.15) is 6.26 Å². The van der Waals surface area contributed by atoms with Crippen molar-refractivity contribution in [2.75, 3.05) is 0 Å². The molecule has 0 atom stereocenters. The molecule has 2 heterocycles. The molecule has 4 heteroatoms. The summed E-state index contributed by atoms with van der Waals surface area (Å²) < 4.78 is 5.28. The van der Waals surface area contributed by atoms with Crippen LogP contribution in [0.2, 0.25) is 0 Å². The molecule has 0 saturated carbocycles. The zero-order valence-corrected chi connectivity index (χ0v) is 9.09. The van der Waals surface area contributed by atoms with Crippen LogP contribution in [0, 0.1) is 0 Å². The predicted molar refractivity (Wildman–Crippen MR) is 62.0 cm³/mol. The monoisotopic (exact) mass is 226 g/mol. The summed E-state index contributed by atoms with van der Waals surface area (Å²) in [5, 5.41) is 0. The maximum absolute atomic E-state index is 12.0. The molecule has 17 heavy (non-hydrogen) atoms. The van der Waals surface area contributed by atoms with Crippen LogP contribution in [-0.4, -0.2) is 15.8 Å². The number of carbonyl (C=O) groups excluding carboxylic acids is 1. The topological polar surface area (TPSA) is 46.3 Å². The Morgan fingerprint density at radius 3 is 2.94 bits per heavy atom. The first-order valence-corrected chi connectivity index (χ1v) is 5.26. The van der Waals surface area contributed by atoms with Crippen molar-refractivity contribution in [1.82, 2.24) is 9.88 Å². The molecule has 84 valence electrons. The minimum Gasteiger partial charge on any atom is -0.445 e. The minimum atomic E-state index is -0.0246. The molecule has 0 bridgehead atoms. The van der Waals surface area contributed by atoms with E-state index in [1.807, 2.05) is 18.2 Å². The highest BCUT2D eigenvalue weighted by Gasteiger charge is 2.28. The molecule has 0 unspecified atom stereocenters. The Kier molecular flexibility index (Phi) is 2.08. The maximum atomic E-state index is 12.0. The molecule has 3 rings (SSSR count). The van der Waals surface area contributed by atoms with E-state index in [1.165, 1.54) is 6.26 Å². The van der Waals surface area contributed by atoms with Crippen molar-refractivity contribution < 1.29 is 9.21 Å². The number of hydrogen-bond donors (Lipinski definition) is 0. The smallest absolute Gasteiger partial charge is 0.258 e. The van der Waals surface area contributed by atoms with Crippen molar-refractivity contribution in [2.45, 2.75) is 6.54 Å². The van der Waals surface area contributed by atoms with Crippen molar-refractivity contribution in [1.29, 1.82) is 0 Å². The average Bonchev–Trinajstić information content (AvgIpc) is 2.97. The van der Waals surface area contributed by atoms with Gasteiger partial charge in [0.25, 0.3) is 5.91 Å². The lowest BCUT2D eigenvalue weighted by atomic mass is 10.0. The van der Waals surface area contributed by atoms with E-state index in [4.69, 9.17) is 4.42 Å². The van der Waals surface area contributed by atoms with Gasteiger partial charge in [-0.1, -0.05) is 12.6 Å². The van der Waals surface area contributed by atoms with Crippen LogP contribution in [0.1, 0.15) is 15.9 Å². The largest absolute Gasteiger partial charge is 0.445 e. The lowest BCUT2D eigenvalue weighted by molar-refractivity contribution is 0.0842. The molecule has 1 aromatic heterocycles. The van der Waals surface area contributed by atoms with Gasteiger partial charge >= 0.3 is 0 Å². The zero-order chi connectivity index (χ0) is 11.8. The van der Waals surface area contributed by atoms with Crippen molar-refractivity contribution >= 4 is 5.91 Å². The van der Waals surface area contributed by atoms with Crippen molar-refractivity contribution in [3.63, 3.8) is 0 Å². The number of rotatable bonds is 2. The number of amides is 1. The fraction of sp³-hybridized carbons (Fsp3) is 0.0769. The Balaban J connectivity index is 2.17. The van der Waals surface area contributed by atoms with Gasteiger partial charge in [0.15, 0.2) is 0 Å². The average molecular weight is 226 g/mol. The van der Waals surface area contributed by atoms with Gasteiger partial charge in [0.2, 0.25) is 5.89 Å². The van der Waals surface area contributed by atoms with Crippen LogP contribution >= 0.6 is 0 Å². The Morgan fingerprint density at radius 2 is 2.24 bits per heavy atom. The van der Waals surface area contributed by atoms with Crippen LogP contribution in [0.3, 0.4) is 0 Å². The van der Waals surface area contributed by atoms with E-state index in [0.29, 0.717) is 18.0 Å². The van der Waals surface area contributed by atoms with Crippen molar-refractivity contribution in [3.05, 3.63) is 54.6 Å². The summed E-state index contributed by atoms with van der Waals surface area (Å²) >= 11 is 0. The first-order chi connectivity index (χ1) is 8.31. The van der Waals surface area contributed by atoms with Crippen LogP contribution in [0.15, 0.2) is 47.9 Å². The standard InChI is InChI=1S/C13H10N2O2/c1-2-15-8-11-9(12-14-6-7-17-12)4-3-5-10(11)13(15)16/h2-7H,1,8H2. The fourth-order valence-corrected chi connectivity index (χ4v) is 2.06. The third kappa shape index (κ3) is 1.38. The predicted octanol–water partition coefficient (Wildman–Crippen LogP) is 2.44. The molecule has 0 saturated heterocycles. The summed E-state index contributed by atoms with van der Waals surface area (Å²) in [7, 11) is 0. The normalized spacial score (nSPS) is 13.9. The third-order valence-electron chi connectivity index (χ3n) is 2.88. The molecular weight excluding hydrogens is 216 g/mol. The van der Waals surface area contributed by atoms with E-state index in [1.54, 1.807) is 17.3 Å². The van der Waals surface area contributed by atoms with Crippen LogP contribution in [-0.2, 0) is 6.54 Å². The number of benzene rings is 1. The van der Waals surface area contributed by atoms with Crippen LogP contribution in [0.5, 0.6) is 0 Å². The van der Waals surface area contributed by atoms with E-state index in [-0.39, 0.29) is 5.91 Å². The Morgan fingerprint density at radius 1 is 1.41 bits per heavy atom. The lowest BCUT2D eigenvalue weighted by Gasteiger charge is -2.07. The van der Waals surface area contributed by atoms with Gasteiger partial charge in [-0.25, -0.2) is 4.98 Å². The summed E-state index contributed by atoms with van der Waals surface area (Å²) in [4.78, 5) is 17.7. The molecule has 2 aromatic rings. The summed E-state index contributed by atoms with van der Waals surface area (Å²) in [5.41, 5.74) is 2.51. The van der Waals surface area contributed by atoms with Gasteiger partial charge in [-0.2, -0.15) is 0 Å². The second-order valence-corrected chi connectivity index (χ2v) is 3.78. The van der Waals surface area contributed by atoms with Crippen LogP contribution in [0.4, 0.5) is 0 Å². The highest BCUT2D eigenvalue weighted by atomic mass is 16.3. The fourth-order valence-electron chi connectivity index (χ4n) is 2.06. The Hall–Kier alpha value is -2.36. The quantitative estimate of drug-likeness (QED) is 0.790. The highest BCUT2D eigenvalue weighted by Crippen LogP contribution is 2.31. The second-order valence-electron chi connectivity index (χ2n) is 3.78. The lowest BCUT2D eigenvalue weighted by Crippen LogP contribution is -2.15. The molecular formula is C13H10N2O2. The van der Waals surface area contributed by atoms with Gasteiger partial charge in [0.05, 0.1) is 12.7 Å². The molecule has 1 aromatic carbocycles. The summed E-state index contributed by atoms with van der Waals surface area (Å²) in [6, 6.07) is 5.56. The second kappa shape index (κ2) is 3.59. The van der Waals surface area contributed by atoms with Gasteiger partial charge < -0.3 is 9.32 Å². The molecule has 4 nitrogen and oxygen atoms in total. The first-order valence-electron chi connectivity index (χ1n) is 5.26. The molecule has 0 aliphatic carbocycles. The summed E-state index contributed by atoms with van der Waals surface area (Å²) in [6.07, 6.45) is 4.66. The SMILES string of the molecule is C=CN1Cc2c(cccc2-c2ncco2)C1=O. The molecule has 0 radical (unpaired) electrons. The number of aromatic nitrogens is 1.